The largest absolute Gasteiger partial charge is 0.504 e. The molecule has 0 saturated carbocycles. The minimum Gasteiger partial charge on any atom is -0.504 e. The van der Waals surface area contributed by atoms with Crippen molar-refractivity contribution < 1.29 is 19.3 Å². The van der Waals surface area contributed by atoms with E-state index in [-0.39, 0.29) is 5.75 Å². The number of methoxy groups -OCH3 is 1. The smallest absolute Gasteiger partial charge is 0.160 e. The van der Waals surface area contributed by atoms with E-state index < -0.39 is 0 Å². The fourth-order valence-corrected chi connectivity index (χ4v) is 3.01. The number of aromatic hydroxyl groups is 1. The fourth-order valence-electron chi connectivity index (χ4n) is 3.01. The first-order valence-corrected chi connectivity index (χ1v) is 10.6. The average Bonchev–Trinajstić information content (AvgIpc) is 2.74. The lowest BCUT2D eigenvalue weighted by Crippen LogP contribution is -2.14. The molecule has 5 heteroatoms. The number of phenolic OH excluding ortho intramolecular Hbond substituents is 1. The van der Waals surface area contributed by atoms with E-state index in [0.29, 0.717) is 19.0 Å². The summed E-state index contributed by atoms with van der Waals surface area (Å²) in [6.07, 6.45) is 4.18. The summed E-state index contributed by atoms with van der Waals surface area (Å²) >= 11 is 0. The number of rotatable bonds is 12. The van der Waals surface area contributed by atoms with E-state index in [1.807, 2.05) is 44.2 Å². The molecular weight excluding hydrogens is 378 g/mol. The lowest BCUT2D eigenvalue weighted by Gasteiger charge is -2.08. The maximum absolute atomic E-state index is 9.63. The van der Waals surface area contributed by atoms with Crippen LogP contribution in [0.2, 0.25) is 0 Å². The molecule has 0 aromatic heterocycles. The van der Waals surface area contributed by atoms with Crippen LogP contribution in [0.3, 0.4) is 0 Å². The average molecular weight is 412 g/mol. The summed E-state index contributed by atoms with van der Waals surface area (Å²) in [5.41, 5.74) is 2.02. The third-order valence-electron chi connectivity index (χ3n) is 4.46. The molecule has 0 bridgehead atoms. The van der Waals surface area contributed by atoms with Crippen LogP contribution in [0.15, 0.2) is 36.4 Å². The monoisotopic (exact) mass is 411 g/mol. The Kier molecular flexibility index (Phi) is 10.5. The molecule has 0 spiro atoms. The zero-order valence-corrected chi connectivity index (χ0v) is 18.3. The maximum Gasteiger partial charge on any atom is 0.160 e. The number of hydrogen-bond acceptors (Lipinski definition) is 5. The Morgan fingerprint density at radius 2 is 1.67 bits per heavy atom. The SMILES string of the molecule is CCOc1cc(C#CCCCCCNCc2ccc(O)c(OC)c2)cc(OCC)c1. The van der Waals surface area contributed by atoms with Crippen LogP contribution in [0.4, 0.5) is 0 Å². The highest BCUT2D eigenvalue weighted by Gasteiger charge is 2.02. The molecule has 162 valence electrons. The van der Waals surface area contributed by atoms with Crippen molar-refractivity contribution in [3.05, 3.63) is 47.5 Å². The zero-order valence-electron chi connectivity index (χ0n) is 18.3. The Hall–Kier alpha value is -2.84. The lowest BCUT2D eigenvalue weighted by atomic mass is 10.1. The molecule has 5 nitrogen and oxygen atoms in total. The second-order valence-corrected chi connectivity index (χ2v) is 6.85. The van der Waals surface area contributed by atoms with Crippen molar-refractivity contribution in [2.24, 2.45) is 0 Å². The van der Waals surface area contributed by atoms with Crippen molar-refractivity contribution in [1.29, 1.82) is 0 Å². The van der Waals surface area contributed by atoms with Crippen LogP contribution in [0.25, 0.3) is 0 Å². The Bertz CT molecular complexity index is 815. The molecule has 2 N–H and O–H groups in total. The van der Waals surface area contributed by atoms with E-state index in [4.69, 9.17) is 14.2 Å². The topological polar surface area (TPSA) is 60.0 Å². The molecular formula is C25H33NO4. The second kappa shape index (κ2) is 13.4. The van der Waals surface area contributed by atoms with Gasteiger partial charge < -0.3 is 24.6 Å². The summed E-state index contributed by atoms with van der Waals surface area (Å²) in [4.78, 5) is 0. The molecule has 0 amide bonds. The van der Waals surface area contributed by atoms with Gasteiger partial charge in [-0.3, -0.25) is 0 Å². The van der Waals surface area contributed by atoms with Gasteiger partial charge in [0.25, 0.3) is 0 Å². The van der Waals surface area contributed by atoms with Gasteiger partial charge in [-0.2, -0.15) is 0 Å². The highest BCUT2D eigenvalue weighted by atomic mass is 16.5. The van der Waals surface area contributed by atoms with Crippen LogP contribution in [0.5, 0.6) is 23.0 Å². The Balaban J connectivity index is 1.67. The van der Waals surface area contributed by atoms with E-state index in [1.165, 1.54) is 0 Å². The van der Waals surface area contributed by atoms with Crippen LogP contribution in [0.1, 0.15) is 50.7 Å². The summed E-state index contributed by atoms with van der Waals surface area (Å²) in [5.74, 6) is 8.75. The molecule has 2 aromatic rings. The maximum atomic E-state index is 9.63. The van der Waals surface area contributed by atoms with Crippen molar-refractivity contribution in [1.82, 2.24) is 5.32 Å². The second-order valence-electron chi connectivity index (χ2n) is 6.85. The van der Waals surface area contributed by atoms with Crippen molar-refractivity contribution in [3.8, 4) is 34.8 Å². The minimum atomic E-state index is 0.168. The first-order chi connectivity index (χ1) is 14.7. The van der Waals surface area contributed by atoms with Gasteiger partial charge in [0, 0.05) is 24.6 Å². The molecule has 0 saturated heterocycles. The van der Waals surface area contributed by atoms with Crippen LogP contribution in [-0.4, -0.2) is 32.0 Å². The molecule has 0 aliphatic carbocycles. The molecule has 2 aromatic carbocycles. The van der Waals surface area contributed by atoms with Gasteiger partial charge in [-0.05, 0) is 63.1 Å². The van der Waals surface area contributed by atoms with Crippen LogP contribution >= 0.6 is 0 Å². The molecule has 30 heavy (non-hydrogen) atoms. The highest BCUT2D eigenvalue weighted by Crippen LogP contribution is 2.26. The van der Waals surface area contributed by atoms with Crippen LogP contribution in [0, 0.1) is 11.8 Å². The van der Waals surface area contributed by atoms with Crippen molar-refractivity contribution in [2.45, 2.75) is 46.1 Å². The Morgan fingerprint density at radius 1 is 0.933 bits per heavy atom. The molecule has 0 atom stereocenters. The number of benzene rings is 2. The standard InChI is InChI=1S/C25H33NO4/c1-4-29-22-15-20(16-23(18-22)30-5-2)11-9-7-6-8-10-14-26-19-21-12-13-24(27)25(17-21)28-3/h12-13,15-18,26-27H,4-8,10,14,19H2,1-3H3. The third kappa shape index (κ3) is 8.26. The van der Waals surface area contributed by atoms with E-state index in [2.05, 4.69) is 17.2 Å². The van der Waals surface area contributed by atoms with Gasteiger partial charge in [-0.15, -0.1) is 0 Å². The Labute approximate surface area is 180 Å². The summed E-state index contributed by atoms with van der Waals surface area (Å²) in [5, 5.41) is 13.1. The van der Waals surface area contributed by atoms with Crippen LogP contribution < -0.4 is 19.5 Å². The summed E-state index contributed by atoms with van der Waals surface area (Å²) in [6.45, 7) is 6.89. The number of unbranched alkanes of at least 4 members (excludes halogenated alkanes) is 3. The molecule has 0 unspecified atom stereocenters. The van der Waals surface area contributed by atoms with Crippen molar-refractivity contribution in [2.75, 3.05) is 26.9 Å². The molecule has 0 aliphatic heterocycles. The van der Waals surface area contributed by atoms with E-state index in [1.54, 1.807) is 13.2 Å². The van der Waals surface area contributed by atoms with Gasteiger partial charge in [0.1, 0.15) is 11.5 Å². The summed E-state index contributed by atoms with van der Waals surface area (Å²) in [6, 6.07) is 11.2. The van der Waals surface area contributed by atoms with Gasteiger partial charge >= 0.3 is 0 Å². The molecule has 0 radical (unpaired) electrons. The fraction of sp³-hybridized carbons (Fsp3) is 0.440. The van der Waals surface area contributed by atoms with Gasteiger partial charge in [0.15, 0.2) is 11.5 Å². The number of phenols is 1. The predicted molar refractivity (Wildman–Crippen MR) is 120 cm³/mol. The van der Waals surface area contributed by atoms with Crippen molar-refractivity contribution in [3.63, 3.8) is 0 Å². The molecule has 2 rings (SSSR count). The highest BCUT2D eigenvalue weighted by molar-refractivity contribution is 5.46. The van der Waals surface area contributed by atoms with E-state index in [9.17, 15) is 5.11 Å². The van der Waals surface area contributed by atoms with Gasteiger partial charge in [0.05, 0.1) is 20.3 Å². The predicted octanol–water partition coefficient (Wildman–Crippen LogP) is 4.90. The quantitative estimate of drug-likeness (QED) is 0.384. The first kappa shape index (κ1) is 23.4. The molecule has 0 fully saturated rings. The van der Waals surface area contributed by atoms with Crippen molar-refractivity contribution >= 4 is 0 Å². The zero-order chi connectivity index (χ0) is 21.6. The number of hydrogen-bond donors (Lipinski definition) is 2. The lowest BCUT2D eigenvalue weighted by molar-refractivity contribution is 0.323. The van der Waals surface area contributed by atoms with E-state index in [0.717, 1.165) is 61.4 Å². The number of ether oxygens (including phenoxy) is 3. The summed E-state index contributed by atoms with van der Waals surface area (Å²) < 4.78 is 16.3. The minimum absolute atomic E-state index is 0.168. The van der Waals surface area contributed by atoms with Gasteiger partial charge in [-0.1, -0.05) is 24.3 Å². The molecule has 0 heterocycles. The van der Waals surface area contributed by atoms with E-state index >= 15 is 0 Å². The normalized spacial score (nSPS) is 10.2. The third-order valence-corrected chi connectivity index (χ3v) is 4.46. The molecule has 0 aliphatic rings. The first-order valence-electron chi connectivity index (χ1n) is 10.6. The van der Waals surface area contributed by atoms with Crippen LogP contribution in [-0.2, 0) is 6.54 Å². The van der Waals surface area contributed by atoms with Gasteiger partial charge in [0.2, 0.25) is 0 Å². The van der Waals surface area contributed by atoms with Gasteiger partial charge in [-0.25, -0.2) is 0 Å². The number of nitrogens with one attached hydrogen (secondary N) is 1. The Morgan fingerprint density at radius 3 is 2.33 bits per heavy atom. The summed E-state index contributed by atoms with van der Waals surface area (Å²) in [7, 11) is 1.56.